The van der Waals surface area contributed by atoms with E-state index in [0.717, 1.165) is 24.5 Å². The molecule has 1 N–H and O–H groups in total. The van der Waals surface area contributed by atoms with Crippen molar-refractivity contribution in [2.24, 2.45) is 0 Å². The van der Waals surface area contributed by atoms with Crippen LogP contribution < -0.4 is 9.80 Å². The van der Waals surface area contributed by atoms with Crippen molar-refractivity contribution < 1.29 is 8.42 Å². The van der Waals surface area contributed by atoms with Crippen LogP contribution in [0, 0.1) is 5.41 Å². The quantitative estimate of drug-likeness (QED) is 0.911. The minimum atomic E-state index is -2.97. The van der Waals surface area contributed by atoms with Crippen LogP contribution in [0.2, 0.25) is 0 Å². The number of rotatable bonds is 4. The molecule has 0 saturated carbocycles. The van der Waals surface area contributed by atoms with Crippen molar-refractivity contribution >= 4 is 38.1 Å². The Labute approximate surface area is 136 Å². The number of thioether (sulfide) groups is 1. The van der Waals surface area contributed by atoms with Crippen molar-refractivity contribution in [2.75, 3.05) is 34.4 Å². The van der Waals surface area contributed by atoms with Gasteiger partial charge in [-0.3, -0.25) is 5.41 Å². The van der Waals surface area contributed by atoms with Crippen LogP contribution in [0.15, 0.2) is 24.3 Å². The molecule has 2 aliphatic rings. The van der Waals surface area contributed by atoms with Gasteiger partial charge >= 0.3 is 0 Å². The number of hydrogen-bond donors (Lipinski definition) is 1. The van der Waals surface area contributed by atoms with Gasteiger partial charge in [0.15, 0.2) is 15.0 Å². The molecule has 1 aromatic rings. The molecule has 2 aliphatic heterocycles. The summed E-state index contributed by atoms with van der Waals surface area (Å²) in [4.78, 5) is 4.14. The van der Waals surface area contributed by atoms with Gasteiger partial charge < -0.3 is 9.80 Å². The monoisotopic (exact) mass is 339 g/mol. The molecule has 5 nitrogen and oxygen atoms in total. The van der Waals surface area contributed by atoms with Gasteiger partial charge in [-0.15, -0.1) is 0 Å². The van der Waals surface area contributed by atoms with Crippen LogP contribution in [0.1, 0.15) is 13.8 Å². The number of nitrogens with one attached hydrogen (secondary N) is 1. The third-order valence-electron chi connectivity index (χ3n) is 4.34. The van der Waals surface area contributed by atoms with E-state index in [1.54, 1.807) is 0 Å². The number of anilines is 2. The minimum absolute atomic E-state index is 0.0000383. The molecule has 0 amide bonds. The number of amidine groups is 1. The van der Waals surface area contributed by atoms with Crippen LogP contribution in [-0.2, 0) is 9.84 Å². The molecule has 1 aromatic carbocycles. The van der Waals surface area contributed by atoms with Crippen LogP contribution in [0.5, 0.6) is 0 Å². The molecule has 2 fully saturated rings. The molecule has 0 aromatic heterocycles. The molecule has 0 aliphatic carbocycles. The molecular formula is C15H21N3O2S2. The van der Waals surface area contributed by atoms with Crippen LogP contribution in [0.4, 0.5) is 11.4 Å². The zero-order valence-corrected chi connectivity index (χ0v) is 14.5. The molecule has 120 valence electrons. The van der Waals surface area contributed by atoms with E-state index < -0.39 is 9.84 Å². The van der Waals surface area contributed by atoms with Crippen molar-refractivity contribution in [3.8, 4) is 0 Å². The van der Waals surface area contributed by atoms with Gasteiger partial charge in [0.25, 0.3) is 0 Å². The standard InChI is InChI=1S/C15H21N3O2S2/c1-3-17(4-2)11-5-7-12(8-6-11)18-13-9-22(19,20)10-14(13)21-15(18)16/h5-8,13-14,16H,3-4,9-10H2,1-2H3. The van der Waals surface area contributed by atoms with E-state index >= 15 is 0 Å². The van der Waals surface area contributed by atoms with Crippen molar-refractivity contribution in [1.29, 1.82) is 5.41 Å². The molecule has 7 heteroatoms. The highest BCUT2D eigenvalue weighted by Gasteiger charge is 2.48. The number of benzene rings is 1. The average Bonchev–Trinajstić information content (AvgIpc) is 2.91. The lowest BCUT2D eigenvalue weighted by Gasteiger charge is -2.26. The topological polar surface area (TPSA) is 64.5 Å². The maximum Gasteiger partial charge on any atom is 0.161 e. The van der Waals surface area contributed by atoms with E-state index in [0.29, 0.717) is 5.17 Å². The van der Waals surface area contributed by atoms with Gasteiger partial charge in [-0.1, -0.05) is 11.8 Å². The van der Waals surface area contributed by atoms with Crippen LogP contribution in [0.25, 0.3) is 0 Å². The van der Waals surface area contributed by atoms with Crippen LogP contribution in [-0.4, -0.2) is 49.5 Å². The second-order valence-corrected chi connectivity index (χ2v) is 9.05. The van der Waals surface area contributed by atoms with E-state index in [-0.39, 0.29) is 22.8 Å². The Bertz CT molecular complexity index is 669. The molecule has 0 bridgehead atoms. The minimum Gasteiger partial charge on any atom is -0.372 e. The van der Waals surface area contributed by atoms with Crippen molar-refractivity contribution in [3.63, 3.8) is 0 Å². The summed E-state index contributed by atoms with van der Waals surface area (Å²) in [7, 11) is -2.97. The van der Waals surface area contributed by atoms with E-state index in [4.69, 9.17) is 5.41 Å². The summed E-state index contributed by atoms with van der Waals surface area (Å²) in [5.41, 5.74) is 2.07. The first-order valence-electron chi connectivity index (χ1n) is 7.55. The lowest BCUT2D eigenvalue weighted by molar-refractivity contribution is 0.601. The highest BCUT2D eigenvalue weighted by molar-refractivity contribution is 8.15. The first-order chi connectivity index (χ1) is 10.4. The van der Waals surface area contributed by atoms with Crippen LogP contribution >= 0.6 is 11.8 Å². The number of nitrogens with zero attached hydrogens (tertiary/aromatic N) is 2. The third kappa shape index (κ3) is 2.72. The Hall–Kier alpha value is -1.21. The molecule has 2 saturated heterocycles. The number of sulfone groups is 1. The highest BCUT2D eigenvalue weighted by atomic mass is 32.2. The van der Waals surface area contributed by atoms with Crippen LogP contribution in [0.3, 0.4) is 0 Å². The summed E-state index contributed by atoms with van der Waals surface area (Å²) in [6.45, 7) is 6.15. The summed E-state index contributed by atoms with van der Waals surface area (Å²) < 4.78 is 23.7. The third-order valence-corrected chi connectivity index (χ3v) is 7.47. The lowest BCUT2D eigenvalue weighted by atomic mass is 10.2. The fraction of sp³-hybridized carbons (Fsp3) is 0.533. The molecule has 3 rings (SSSR count). The van der Waals surface area contributed by atoms with Crippen molar-refractivity contribution in [3.05, 3.63) is 24.3 Å². The summed E-state index contributed by atoms with van der Waals surface area (Å²) >= 11 is 1.38. The predicted octanol–water partition coefficient (Wildman–Crippen LogP) is 2.19. The molecule has 22 heavy (non-hydrogen) atoms. The van der Waals surface area contributed by atoms with Gasteiger partial charge in [0, 0.05) is 29.7 Å². The lowest BCUT2D eigenvalue weighted by Crippen LogP contribution is -2.37. The fourth-order valence-electron chi connectivity index (χ4n) is 3.22. The maximum atomic E-state index is 11.8. The fourth-order valence-corrected chi connectivity index (χ4v) is 7.02. The molecule has 0 radical (unpaired) electrons. The Balaban J connectivity index is 1.86. The SMILES string of the molecule is CCN(CC)c1ccc(N2C(=N)SC3CS(=O)(=O)CC32)cc1. The molecule has 2 atom stereocenters. The molecule has 0 spiro atoms. The highest BCUT2D eigenvalue weighted by Crippen LogP contribution is 2.40. The van der Waals surface area contributed by atoms with E-state index in [1.165, 1.54) is 11.8 Å². The summed E-state index contributed by atoms with van der Waals surface area (Å²) in [5, 5.41) is 8.62. The molecule has 2 unspecified atom stereocenters. The van der Waals surface area contributed by atoms with E-state index in [2.05, 4.69) is 30.9 Å². The number of hydrogen-bond acceptors (Lipinski definition) is 5. The predicted molar refractivity (Wildman–Crippen MR) is 94.0 cm³/mol. The Morgan fingerprint density at radius 2 is 1.86 bits per heavy atom. The second kappa shape index (κ2) is 5.77. The van der Waals surface area contributed by atoms with Crippen molar-refractivity contribution in [1.82, 2.24) is 0 Å². The summed E-state index contributed by atoms with van der Waals surface area (Å²) in [6, 6.07) is 8.00. The zero-order valence-electron chi connectivity index (χ0n) is 12.8. The van der Waals surface area contributed by atoms with Crippen molar-refractivity contribution in [2.45, 2.75) is 25.1 Å². The normalized spacial score (nSPS) is 26.3. The molecular weight excluding hydrogens is 318 g/mol. The van der Waals surface area contributed by atoms with Gasteiger partial charge in [0.2, 0.25) is 0 Å². The zero-order chi connectivity index (χ0) is 15.9. The first-order valence-corrected chi connectivity index (χ1v) is 10.2. The van der Waals surface area contributed by atoms with Gasteiger partial charge in [-0.2, -0.15) is 0 Å². The summed E-state index contributed by atoms with van der Waals surface area (Å²) in [5.74, 6) is 0.351. The molecule has 2 heterocycles. The largest absolute Gasteiger partial charge is 0.372 e. The maximum absolute atomic E-state index is 11.8. The Kier molecular flexibility index (Phi) is 4.11. The van der Waals surface area contributed by atoms with Gasteiger partial charge in [0.05, 0.1) is 17.5 Å². The van der Waals surface area contributed by atoms with Gasteiger partial charge in [-0.05, 0) is 38.1 Å². The van der Waals surface area contributed by atoms with Gasteiger partial charge in [-0.25, -0.2) is 8.42 Å². The van der Waals surface area contributed by atoms with E-state index in [9.17, 15) is 8.42 Å². The Morgan fingerprint density at radius 1 is 1.23 bits per heavy atom. The summed E-state index contributed by atoms with van der Waals surface area (Å²) in [6.07, 6.45) is 0. The Morgan fingerprint density at radius 3 is 2.45 bits per heavy atom. The van der Waals surface area contributed by atoms with Gasteiger partial charge in [0.1, 0.15) is 0 Å². The first kappa shape index (κ1) is 15.7. The second-order valence-electron chi connectivity index (χ2n) is 5.66. The smallest absolute Gasteiger partial charge is 0.161 e. The number of fused-ring (bicyclic) bond motifs is 1. The van der Waals surface area contributed by atoms with E-state index in [1.807, 2.05) is 17.0 Å². The average molecular weight is 339 g/mol.